The fourth-order valence-corrected chi connectivity index (χ4v) is 3.91. The molecule has 0 spiro atoms. The molecule has 2 N–H and O–H groups in total. The molecule has 13 heteroatoms. The highest BCUT2D eigenvalue weighted by Gasteiger charge is 2.31. The highest BCUT2D eigenvalue weighted by molar-refractivity contribution is 6.31. The van der Waals surface area contributed by atoms with Gasteiger partial charge in [-0.1, -0.05) is 11.6 Å². The first-order valence-electron chi connectivity index (χ1n) is 11.5. The van der Waals surface area contributed by atoms with Crippen molar-refractivity contribution in [2.75, 3.05) is 31.3 Å². The van der Waals surface area contributed by atoms with Crippen molar-refractivity contribution in [3.05, 3.63) is 53.7 Å². The van der Waals surface area contributed by atoms with Crippen LogP contribution in [0.2, 0.25) is 5.02 Å². The molecule has 1 heterocycles. The van der Waals surface area contributed by atoms with Crippen molar-refractivity contribution in [1.82, 2.24) is 9.47 Å². The third-order valence-electron chi connectivity index (χ3n) is 5.44. The Balaban J connectivity index is 1.76. The van der Waals surface area contributed by atoms with Crippen molar-refractivity contribution in [2.45, 2.75) is 32.2 Å². The predicted molar refractivity (Wildman–Crippen MR) is 137 cm³/mol. The molecular formula is C25H26ClF3N4O5. The van der Waals surface area contributed by atoms with E-state index in [0.717, 1.165) is 12.1 Å². The molecule has 0 fully saturated rings. The molecule has 2 aromatic carbocycles. The average molecular weight is 555 g/mol. The van der Waals surface area contributed by atoms with Crippen LogP contribution in [-0.4, -0.2) is 60.5 Å². The van der Waals surface area contributed by atoms with Crippen molar-refractivity contribution in [3.8, 4) is 5.75 Å². The fourth-order valence-electron chi connectivity index (χ4n) is 3.74. The van der Waals surface area contributed by atoms with Crippen molar-refractivity contribution in [1.29, 1.82) is 0 Å². The van der Waals surface area contributed by atoms with E-state index in [2.05, 4.69) is 15.4 Å². The molecule has 9 nitrogen and oxygen atoms in total. The zero-order valence-electron chi connectivity index (χ0n) is 20.8. The van der Waals surface area contributed by atoms with Crippen LogP contribution in [0.1, 0.15) is 24.6 Å². The number of hydrogen-bond donors (Lipinski definition) is 2. The molecule has 3 aromatic rings. The lowest BCUT2D eigenvalue weighted by molar-refractivity contribution is -0.274. The molecule has 204 valence electrons. The van der Waals surface area contributed by atoms with Gasteiger partial charge < -0.3 is 20.1 Å². The van der Waals surface area contributed by atoms with E-state index in [1.807, 2.05) is 0 Å². The number of halogens is 4. The second-order valence-corrected chi connectivity index (χ2v) is 8.83. The number of ether oxygens (including phenoxy) is 2. The molecule has 0 aliphatic rings. The van der Waals surface area contributed by atoms with Crippen LogP contribution >= 0.6 is 11.6 Å². The van der Waals surface area contributed by atoms with E-state index in [0.29, 0.717) is 15.9 Å². The van der Waals surface area contributed by atoms with Gasteiger partial charge in [0.25, 0.3) is 0 Å². The SMILES string of the molecule is CCOC(=O)C(CCC(=O)n1cc(NC(=O)Nc2ccc(OC(F)(F)F)cc2)c2cc(Cl)ccc21)N(C)C. The van der Waals surface area contributed by atoms with Crippen molar-refractivity contribution in [2.24, 2.45) is 0 Å². The summed E-state index contributed by atoms with van der Waals surface area (Å²) >= 11 is 6.14. The minimum Gasteiger partial charge on any atom is -0.465 e. The van der Waals surface area contributed by atoms with Gasteiger partial charge in [0.15, 0.2) is 0 Å². The lowest BCUT2D eigenvalue weighted by atomic mass is 10.1. The van der Waals surface area contributed by atoms with Crippen molar-refractivity contribution in [3.63, 3.8) is 0 Å². The summed E-state index contributed by atoms with van der Waals surface area (Å²) in [7, 11) is 3.44. The number of nitrogens with one attached hydrogen (secondary N) is 2. The molecule has 0 aliphatic carbocycles. The number of fused-ring (bicyclic) bond motifs is 1. The summed E-state index contributed by atoms with van der Waals surface area (Å²) in [6.45, 7) is 1.93. The van der Waals surface area contributed by atoms with Crippen molar-refractivity contribution >= 4 is 51.8 Å². The molecule has 0 bridgehead atoms. The Morgan fingerprint density at radius 3 is 2.37 bits per heavy atom. The smallest absolute Gasteiger partial charge is 0.465 e. The lowest BCUT2D eigenvalue weighted by Gasteiger charge is -2.22. The number of carbonyl (C=O) groups excluding carboxylic acids is 3. The Labute approximate surface area is 221 Å². The van der Waals surface area contributed by atoms with Gasteiger partial charge in [0.2, 0.25) is 5.91 Å². The van der Waals surface area contributed by atoms with Gasteiger partial charge in [-0.2, -0.15) is 0 Å². The van der Waals surface area contributed by atoms with Gasteiger partial charge in [-0.3, -0.25) is 19.1 Å². The molecule has 38 heavy (non-hydrogen) atoms. The van der Waals surface area contributed by atoms with Crippen molar-refractivity contribution < 1.29 is 37.0 Å². The van der Waals surface area contributed by atoms with Crippen LogP contribution in [0.25, 0.3) is 10.9 Å². The van der Waals surface area contributed by atoms with Gasteiger partial charge >= 0.3 is 18.4 Å². The molecule has 1 unspecified atom stereocenters. The molecular weight excluding hydrogens is 529 g/mol. The first kappa shape index (κ1) is 28.8. The van der Waals surface area contributed by atoms with Gasteiger partial charge in [0.1, 0.15) is 11.8 Å². The van der Waals surface area contributed by atoms with Gasteiger partial charge in [0.05, 0.1) is 17.8 Å². The van der Waals surface area contributed by atoms with E-state index in [4.69, 9.17) is 16.3 Å². The zero-order valence-corrected chi connectivity index (χ0v) is 21.5. The van der Waals surface area contributed by atoms with Crippen LogP contribution in [0.5, 0.6) is 5.75 Å². The van der Waals surface area contributed by atoms with E-state index in [1.165, 1.54) is 22.9 Å². The maximum absolute atomic E-state index is 13.1. The molecule has 0 aliphatic heterocycles. The van der Waals surface area contributed by atoms with Crippen LogP contribution in [0.15, 0.2) is 48.7 Å². The molecule has 1 aromatic heterocycles. The second kappa shape index (κ2) is 12.2. The minimum atomic E-state index is -4.83. The monoisotopic (exact) mass is 554 g/mol. The molecule has 3 rings (SSSR count). The number of benzene rings is 2. The molecule has 0 saturated carbocycles. The topological polar surface area (TPSA) is 102 Å². The normalized spacial score (nSPS) is 12.3. The standard InChI is InChI=1S/C25H26ClF3N4O5/c1-4-37-23(35)21(32(2)3)11-12-22(34)33-14-19(18-13-15(26)5-10-20(18)33)31-24(36)30-16-6-8-17(9-7-16)38-25(27,28)29/h5-10,13-14,21H,4,11-12H2,1-3H3,(H2,30,31,36). The Morgan fingerprint density at radius 2 is 1.76 bits per heavy atom. The number of hydrogen-bond acceptors (Lipinski definition) is 6. The van der Waals surface area contributed by atoms with Crippen LogP contribution in [-0.2, 0) is 9.53 Å². The third kappa shape index (κ3) is 7.62. The fraction of sp³-hybridized carbons (Fsp3) is 0.320. The average Bonchev–Trinajstić information content (AvgIpc) is 3.16. The summed E-state index contributed by atoms with van der Waals surface area (Å²) in [6.07, 6.45) is -3.15. The van der Waals surface area contributed by atoms with E-state index >= 15 is 0 Å². The number of rotatable bonds is 9. The van der Waals surface area contributed by atoms with Gasteiger partial charge in [-0.15, -0.1) is 13.2 Å². The second-order valence-electron chi connectivity index (χ2n) is 8.39. The van der Waals surface area contributed by atoms with E-state index in [9.17, 15) is 27.6 Å². The number of esters is 1. The number of alkyl halides is 3. The first-order chi connectivity index (χ1) is 17.9. The largest absolute Gasteiger partial charge is 0.573 e. The summed E-state index contributed by atoms with van der Waals surface area (Å²) in [5.74, 6) is -1.17. The minimum absolute atomic E-state index is 0.0199. The number of urea groups is 1. The lowest BCUT2D eigenvalue weighted by Crippen LogP contribution is -2.37. The number of amides is 2. The Morgan fingerprint density at radius 1 is 1.08 bits per heavy atom. The summed E-state index contributed by atoms with van der Waals surface area (Å²) in [6, 6.07) is 8.12. The number of carbonyl (C=O) groups is 3. The van der Waals surface area contributed by atoms with Gasteiger partial charge in [-0.25, -0.2) is 4.79 Å². The Bertz CT molecular complexity index is 1310. The van der Waals surface area contributed by atoms with E-state index < -0.39 is 30.2 Å². The van der Waals surface area contributed by atoms with Gasteiger partial charge in [0, 0.05) is 28.7 Å². The maximum atomic E-state index is 13.1. The highest BCUT2D eigenvalue weighted by Crippen LogP contribution is 2.30. The first-order valence-corrected chi connectivity index (χ1v) is 11.9. The quantitative estimate of drug-likeness (QED) is 0.327. The number of likely N-dealkylation sites (N-methyl/N-ethyl adjacent to an activating group) is 1. The van der Waals surface area contributed by atoms with E-state index in [-0.39, 0.29) is 36.7 Å². The van der Waals surface area contributed by atoms with Crippen LogP contribution in [0.4, 0.5) is 29.3 Å². The summed E-state index contributed by atoms with van der Waals surface area (Å²) in [5.41, 5.74) is 0.976. The zero-order chi connectivity index (χ0) is 28.0. The highest BCUT2D eigenvalue weighted by atomic mass is 35.5. The van der Waals surface area contributed by atoms with Crippen LogP contribution in [0, 0.1) is 0 Å². The molecule has 2 amide bonds. The van der Waals surface area contributed by atoms with Crippen LogP contribution < -0.4 is 15.4 Å². The Hall–Kier alpha value is -3.77. The van der Waals surface area contributed by atoms with E-state index in [1.54, 1.807) is 44.1 Å². The summed E-state index contributed by atoms with van der Waals surface area (Å²) in [5, 5.41) is 6.00. The summed E-state index contributed by atoms with van der Waals surface area (Å²) < 4.78 is 47.3. The molecule has 0 radical (unpaired) electrons. The number of aromatic nitrogens is 1. The Kier molecular flexibility index (Phi) is 9.23. The molecule has 1 atom stereocenters. The third-order valence-corrected chi connectivity index (χ3v) is 5.68. The predicted octanol–water partition coefficient (Wildman–Crippen LogP) is 5.75. The number of anilines is 2. The van der Waals surface area contributed by atoms with Gasteiger partial charge in [-0.05, 0) is 69.9 Å². The summed E-state index contributed by atoms with van der Waals surface area (Å²) in [4.78, 5) is 39.6. The molecule has 0 saturated heterocycles. The number of nitrogens with zero attached hydrogens (tertiary/aromatic N) is 2. The maximum Gasteiger partial charge on any atom is 0.573 e. The van der Waals surface area contributed by atoms with Crippen LogP contribution in [0.3, 0.4) is 0 Å².